The third-order valence-electron chi connectivity index (χ3n) is 7.94. The average Bonchev–Trinajstić information content (AvgIpc) is 3.52. The molecule has 1 aliphatic carbocycles. The topological polar surface area (TPSA) is 114 Å². The van der Waals surface area contributed by atoms with Gasteiger partial charge in [-0.1, -0.05) is 29.4 Å². The summed E-state index contributed by atoms with van der Waals surface area (Å²) >= 11 is 7.92. The van der Waals surface area contributed by atoms with Crippen molar-refractivity contribution in [2.24, 2.45) is 5.41 Å². The number of hydrogen-bond acceptors (Lipinski definition) is 8. The van der Waals surface area contributed by atoms with Gasteiger partial charge in [-0.05, 0) is 76.1 Å². The van der Waals surface area contributed by atoms with E-state index in [0.717, 1.165) is 65.0 Å². The van der Waals surface area contributed by atoms with E-state index in [1.165, 1.54) is 17.3 Å². The van der Waals surface area contributed by atoms with E-state index in [2.05, 4.69) is 25.8 Å². The number of piperidine rings is 1. The molecule has 12 heteroatoms. The highest BCUT2D eigenvalue weighted by Crippen LogP contribution is 2.52. The lowest BCUT2D eigenvalue weighted by Gasteiger charge is -2.44. The summed E-state index contributed by atoms with van der Waals surface area (Å²) in [5, 5.41) is 5.95. The number of nitrogen functional groups attached to an aromatic ring is 1. The van der Waals surface area contributed by atoms with E-state index in [0.29, 0.717) is 10.8 Å². The maximum absolute atomic E-state index is 13.2. The summed E-state index contributed by atoms with van der Waals surface area (Å²) in [6.45, 7) is 9.69. The van der Waals surface area contributed by atoms with Crippen molar-refractivity contribution in [3.8, 4) is 0 Å². The Morgan fingerprint density at radius 1 is 1.15 bits per heavy atom. The van der Waals surface area contributed by atoms with Crippen LogP contribution in [0.4, 0.5) is 11.6 Å². The van der Waals surface area contributed by atoms with Gasteiger partial charge in [-0.3, -0.25) is 4.98 Å². The van der Waals surface area contributed by atoms with Crippen molar-refractivity contribution in [2.75, 3.05) is 23.7 Å². The van der Waals surface area contributed by atoms with Gasteiger partial charge in [0, 0.05) is 36.1 Å². The molecular formula is C28H33ClN8OS2. The molecule has 1 saturated heterocycles. The van der Waals surface area contributed by atoms with Crippen molar-refractivity contribution in [3.05, 3.63) is 64.8 Å². The lowest BCUT2D eigenvalue weighted by molar-refractivity contribution is 0.177. The maximum Gasteiger partial charge on any atom is 0.155 e. The minimum Gasteiger partial charge on any atom is -0.382 e. The first-order chi connectivity index (χ1) is 19.1. The van der Waals surface area contributed by atoms with Crippen LogP contribution < -0.4 is 15.4 Å². The van der Waals surface area contributed by atoms with Gasteiger partial charge < -0.3 is 10.6 Å². The second-order valence-corrected chi connectivity index (χ2v) is 15.0. The Bertz CT molecular complexity index is 1610. The lowest BCUT2D eigenvalue weighted by Crippen LogP contribution is -2.48. The Hall–Kier alpha value is -2.73. The highest BCUT2D eigenvalue weighted by molar-refractivity contribution is 7.99. The zero-order chi connectivity index (χ0) is 28.2. The molecule has 0 bridgehead atoms. The molecule has 1 unspecified atom stereocenters. The fraction of sp³-hybridized carbons (Fsp3) is 0.429. The van der Waals surface area contributed by atoms with E-state index in [4.69, 9.17) is 27.3 Å². The SMILES string of the molecule is Cc1nc(N2CCC3(CC2)Cc2ncccc2[C@H]3NS(=O)C(C)(C)C)c2ccnn2c1Sc1ccnc(N)c1Cl. The van der Waals surface area contributed by atoms with E-state index in [9.17, 15) is 4.21 Å². The van der Waals surface area contributed by atoms with E-state index in [-0.39, 0.29) is 16.2 Å². The number of halogens is 1. The van der Waals surface area contributed by atoms with Crippen LogP contribution in [0.3, 0.4) is 0 Å². The largest absolute Gasteiger partial charge is 0.382 e. The second kappa shape index (κ2) is 10.3. The van der Waals surface area contributed by atoms with Crippen molar-refractivity contribution in [3.63, 3.8) is 0 Å². The molecule has 6 rings (SSSR count). The number of pyridine rings is 2. The van der Waals surface area contributed by atoms with Gasteiger partial charge in [0.05, 0.1) is 38.7 Å². The van der Waals surface area contributed by atoms with Crippen molar-refractivity contribution in [2.45, 2.75) is 67.7 Å². The van der Waals surface area contributed by atoms with Gasteiger partial charge in [-0.15, -0.1) is 0 Å². The highest BCUT2D eigenvalue weighted by atomic mass is 35.5. The molecule has 1 spiro atoms. The number of aromatic nitrogens is 5. The Kier molecular flexibility index (Phi) is 7.05. The van der Waals surface area contributed by atoms with Gasteiger partial charge >= 0.3 is 0 Å². The third kappa shape index (κ3) is 4.76. The summed E-state index contributed by atoms with van der Waals surface area (Å²) in [5.41, 5.74) is 9.99. The van der Waals surface area contributed by atoms with Gasteiger partial charge in [-0.25, -0.2) is 23.4 Å². The molecule has 4 aromatic rings. The van der Waals surface area contributed by atoms with Crippen LogP contribution in [-0.2, 0) is 17.4 Å². The minimum absolute atomic E-state index is 0.000544. The number of anilines is 2. The second-order valence-electron chi connectivity index (χ2n) is 11.6. The van der Waals surface area contributed by atoms with E-state index >= 15 is 0 Å². The maximum atomic E-state index is 13.2. The van der Waals surface area contributed by atoms with Crippen LogP contribution in [0.2, 0.25) is 5.02 Å². The van der Waals surface area contributed by atoms with Crippen LogP contribution in [-0.4, -0.2) is 46.6 Å². The molecule has 1 aliphatic heterocycles. The van der Waals surface area contributed by atoms with Crippen LogP contribution in [0, 0.1) is 12.3 Å². The number of aryl methyl sites for hydroxylation is 1. The number of rotatable bonds is 5. The smallest absolute Gasteiger partial charge is 0.155 e. The van der Waals surface area contributed by atoms with Gasteiger partial charge in [-0.2, -0.15) is 5.10 Å². The molecule has 210 valence electrons. The molecule has 2 atom stereocenters. The first kappa shape index (κ1) is 27.4. The molecule has 0 saturated carbocycles. The van der Waals surface area contributed by atoms with E-state index in [1.54, 1.807) is 12.4 Å². The van der Waals surface area contributed by atoms with E-state index in [1.807, 2.05) is 56.6 Å². The molecule has 0 amide bonds. The molecule has 0 radical (unpaired) electrons. The Balaban J connectivity index is 1.28. The third-order valence-corrected chi connectivity index (χ3v) is 11.2. The van der Waals surface area contributed by atoms with Gasteiger partial charge in [0.1, 0.15) is 16.4 Å². The van der Waals surface area contributed by atoms with Crippen molar-refractivity contribution in [1.82, 2.24) is 29.3 Å². The fourth-order valence-corrected chi connectivity index (χ4v) is 7.88. The van der Waals surface area contributed by atoms with Crippen LogP contribution in [0.5, 0.6) is 0 Å². The number of fused-ring (bicyclic) bond motifs is 2. The Morgan fingerprint density at radius 2 is 1.93 bits per heavy atom. The molecule has 3 N–H and O–H groups in total. The molecule has 5 heterocycles. The van der Waals surface area contributed by atoms with Gasteiger partial charge in [0.25, 0.3) is 0 Å². The normalized spacial score (nSPS) is 19.3. The molecular weight excluding hydrogens is 564 g/mol. The van der Waals surface area contributed by atoms with Crippen LogP contribution in [0.1, 0.15) is 56.6 Å². The zero-order valence-corrected chi connectivity index (χ0v) is 25.4. The Labute approximate surface area is 245 Å². The fourth-order valence-electron chi connectivity index (χ4n) is 5.75. The number of hydrogen-bond donors (Lipinski definition) is 2. The van der Waals surface area contributed by atoms with Gasteiger partial charge in [0.15, 0.2) is 5.82 Å². The highest BCUT2D eigenvalue weighted by Gasteiger charge is 2.49. The minimum atomic E-state index is -1.18. The van der Waals surface area contributed by atoms with Crippen molar-refractivity contribution < 1.29 is 4.21 Å². The monoisotopic (exact) mass is 596 g/mol. The summed E-state index contributed by atoms with van der Waals surface area (Å²) in [6.07, 6.45) is 8.08. The van der Waals surface area contributed by atoms with Crippen LogP contribution >= 0.6 is 23.4 Å². The first-order valence-electron chi connectivity index (χ1n) is 13.4. The zero-order valence-electron chi connectivity index (χ0n) is 23.0. The quantitative estimate of drug-likeness (QED) is 0.325. The first-order valence-corrected chi connectivity index (χ1v) is 15.7. The predicted molar refractivity (Wildman–Crippen MR) is 161 cm³/mol. The summed E-state index contributed by atoms with van der Waals surface area (Å²) in [4.78, 5) is 17.0. The molecule has 1 fully saturated rings. The Morgan fingerprint density at radius 3 is 2.67 bits per heavy atom. The standard InChI is InChI=1S/C28H33ClN8OS2/c1-17-26(39-21-8-12-32-24(30)22(21)29)37-20(7-13-33-37)25(34-17)36-14-9-28(10-15-36)16-19-18(6-5-11-31-19)23(28)35-40(38)27(2,3)4/h5-8,11-13,23,35H,9-10,14-16H2,1-4H3,(H2,30,32)/t23-,40?/m1/s1. The summed E-state index contributed by atoms with van der Waals surface area (Å²) in [5.74, 6) is 1.22. The van der Waals surface area contributed by atoms with Crippen LogP contribution in [0.25, 0.3) is 5.52 Å². The molecule has 40 heavy (non-hydrogen) atoms. The number of nitrogens with two attached hydrogens (primary N) is 1. The predicted octanol–water partition coefficient (Wildman–Crippen LogP) is 5.15. The van der Waals surface area contributed by atoms with E-state index < -0.39 is 11.0 Å². The van der Waals surface area contributed by atoms with Gasteiger partial charge in [0.2, 0.25) is 0 Å². The van der Waals surface area contributed by atoms with Crippen LogP contribution in [0.15, 0.2) is 52.8 Å². The van der Waals surface area contributed by atoms with Crippen molar-refractivity contribution >= 4 is 51.5 Å². The number of nitrogens with one attached hydrogen (secondary N) is 1. The summed E-state index contributed by atoms with van der Waals surface area (Å²) in [7, 11) is -1.18. The molecule has 2 aliphatic rings. The lowest BCUT2D eigenvalue weighted by atomic mass is 9.73. The molecule has 4 aromatic heterocycles. The summed E-state index contributed by atoms with van der Waals surface area (Å²) in [6, 6.07) is 7.98. The average molecular weight is 597 g/mol. The number of nitrogens with zero attached hydrogens (tertiary/aromatic N) is 6. The molecule has 0 aromatic carbocycles. The van der Waals surface area contributed by atoms with Crippen molar-refractivity contribution in [1.29, 1.82) is 0 Å². The summed E-state index contributed by atoms with van der Waals surface area (Å²) < 4.78 is 18.3. The molecule has 9 nitrogen and oxygen atoms in total.